The van der Waals surface area contributed by atoms with E-state index in [9.17, 15) is 18.9 Å². The summed E-state index contributed by atoms with van der Waals surface area (Å²) in [6.45, 7) is 10.3. The molecule has 0 spiro atoms. The number of ether oxygens (including phenoxy) is 2. The number of aliphatic carboxylic acids is 1. The first-order valence-electron chi connectivity index (χ1n) is 18.1. The molecule has 0 amide bonds. The molecule has 6 rings (SSSR count). The molecule has 2 atom stereocenters. The van der Waals surface area contributed by atoms with Gasteiger partial charge in [0.05, 0.1) is 35.6 Å². The largest absolute Gasteiger partial charge is 0.481 e. The number of fused-ring (bicyclic) bond motifs is 1. The van der Waals surface area contributed by atoms with E-state index in [-0.39, 0.29) is 18.9 Å². The van der Waals surface area contributed by atoms with E-state index in [0.29, 0.717) is 39.6 Å². The van der Waals surface area contributed by atoms with Crippen molar-refractivity contribution >= 4 is 32.0 Å². The number of hydrogen-bond donors (Lipinski definition) is 1. The van der Waals surface area contributed by atoms with Gasteiger partial charge in [-0.25, -0.2) is 4.39 Å². The van der Waals surface area contributed by atoms with Gasteiger partial charge in [0.15, 0.2) is 11.5 Å². The van der Waals surface area contributed by atoms with Gasteiger partial charge in [0.2, 0.25) is 6.79 Å². The van der Waals surface area contributed by atoms with Crippen molar-refractivity contribution in [2.45, 2.75) is 58.1 Å². The molecule has 8 nitrogen and oxygen atoms in total. The highest BCUT2D eigenvalue weighted by molar-refractivity contribution is 7.64. The zero-order chi connectivity index (χ0) is 39.4. The lowest BCUT2D eigenvalue weighted by Crippen LogP contribution is -2.68. The summed E-state index contributed by atoms with van der Waals surface area (Å²) >= 11 is 0. The van der Waals surface area contributed by atoms with Crippen LogP contribution in [-0.2, 0) is 18.3 Å². The molecular formula is C44H45FNO7PSi. The maximum Gasteiger partial charge on any atom is 0.305 e. The van der Waals surface area contributed by atoms with Crippen LogP contribution >= 0.6 is 7.37 Å². The minimum absolute atomic E-state index is 0.0900. The third-order valence-electron chi connectivity index (χ3n) is 9.67. The number of carbonyl (C=O) groups is 1. The maximum atomic E-state index is 14.8. The highest BCUT2D eigenvalue weighted by Gasteiger charge is 2.52. The van der Waals surface area contributed by atoms with Gasteiger partial charge in [-0.15, -0.1) is 0 Å². The fourth-order valence-corrected chi connectivity index (χ4v) is 13.3. The van der Waals surface area contributed by atoms with E-state index in [2.05, 4.69) is 32.4 Å². The molecule has 1 unspecified atom stereocenters. The standard InChI is InChI=1S/C44H45FNO7PSi/c1-30(2)42-36(38(31-20-22-32(45)23-21-31)27-39(46-42)37-18-13-19-40-43(37)52-29-51-40)24-25-54(49,50-6)28-33(26-41(47)48)53-55(44(3,4)5,34-14-9-7-10-15-34)35-16-11-8-12-17-35/h7-23,27,30,33H,26,28-29H2,1-6H3,(H,47,48)/t33-,54?/m0/s1. The summed E-state index contributed by atoms with van der Waals surface area (Å²) < 4.78 is 53.3. The highest BCUT2D eigenvalue weighted by atomic mass is 31.2. The third kappa shape index (κ3) is 8.46. The molecule has 55 heavy (non-hydrogen) atoms. The van der Waals surface area contributed by atoms with Gasteiger partial charge in [0, 0.05) is 18.2 Å². The molecular weight excluding hydrogens is 733 g/mol. The Balaban J connectivity index is 1.48. The van der Waals surface area contributed by atoms with Crippen LogP contribution in [0.1, 0.15) is 58.2 Å². The first-order valence-corrected chi connectivity index (χ1v) is 21.8. The van der Waals surface area contributed by atoms with E-state index in [0.717, 1.165) is 15.9 Å². The summed E-state index contributed by atoms with van der Waals surface area (Å²) in [5.74, 6) is 2.72. The van der Waals surface area contributed by atoms with Crippen molar-refractivity contribution in [3.8, 4) is 45.5 Å². The summed E-state index contributed by atoms with van der Waals surface area (Å²) in [5, 5.41) is 11.6. The van der Waals surface area contributed by atoms with Crippen molar-refractivity contribution in [3.63, 3.8) is 0 Å². The van der Waals surface area contributed by atoms with E-state index in [1.54, 1.807) is 12.1 Å². The Kier molecular flexibility index (Phi) is 11.8. The summed E-state index contributed by atoms with van der Waals surface area (Å²) in [5.41, 5.74) is 6.71. The number of benzene rings is 4. The number of para-hydroxylation sites is 1. The lowest BCUT2D eigenvalue weighted by molar-refractivity contribution is -0.138. The minimum atomic E-state index is -3.90. The maximum absolute atomic E-state index is 14.8. The summed E-state index contributed by atoms with van der Waals surface area (Å²) in [7, 11) is -5.84. The van der Waals surface area contributed by atoms with Gasteiger partial charge in [-0.05, 0) is 62.9 Å². The number of carboxylic acid groups (broad SMARTS) is 1. The molecule has 4 aromatic carbocycles. The van der Waals surface area contributed by atoms with Gasteiger partial charge in [0.1, 0.15) is 5.82 Å². The predicted octanol–water partition coefficient (Wildman–Crippen LogP) is 9.06. The monoisotopic (exact) mass is 777 g/mol. The number of aromatic nitrogens is 1. The molecule has 0 saturated carbocycles. The Morgan fingerprint density at radius 1 is 0.927 bits per heavy atom. The predicted molar refractivity (Wildman–Crippen MR) is 216 cm³/mol. The summed E-state index contributed by atoms with van der Waals surface area (Å²) in [6, 6.07) is 33.2. The molecule has 0 fully saturated rings. The molecule has 11 heteroatoms. The van der Waals surface area contributed by atoms with E-state index >= 15 is 0 Å². The fourth-order valence-electron chi connectivity index (χ4n) is 7.10. The smallest absolute Gasteiger partial charge is 0.305 e. The van der Waals surface area contributed by atoms with Gasteiger partial charge in [-0.1, -0.05) is 119 Å². The second kappa shape index (κ2) is 16.4. The number of carboxylic acids is 1. The summed E-state index contributed by atoms with van der Waals surface area (Å²) in [4.78, 5) is 17.5. The second-order valence-corrected chi connectivity index (χ2v) is 21.3. The Labute approximate surface area is 323 Å². The fraction of sp³-hybridized carbons (Fsp3) is 0.273. The van der Waals surface area contributed by atoms with Crippen molar-refractivity contribution in [1.82, 2.24) is 4.98 Å². The zero-order valence-electron chi connectivity index (χ0n) is 31.8. The molecule has 1 N–H and O–H groups in total. The second-order valence-electron chi connectivity index (χ2n) is 14.8. The third-order valence-corrected chi connectivity index (χ3v) is 16.7. The lowest BCUT2D eigenvalue weighted by atomic mass is 9.92. The molecule has 0 radical (unpaired) electrons. The molecule has 2 heterocycles. The molecule has 0 aliphatic carbocycles. The van der Waals surface area contributed by atoms with Crippen LogP contribution in [0.5, 0.6) is 11.5 Å². The number of rotatable bonds is 12. The van der Waals surface area contributed by atoms with Crippen LogP contribution < -0.4 is 19.8 Å². The van der Waals surface area contributed by atoms with Crippen LogP contribution in [0, 0.1) is 17.4 Å². The molecule has 1 aliphatic rings. The molecule has 1 aromatic heterocycles. The normalized spacial score (nSPS) is 14.2. The van der Waals surface area contributed by atoms with Crippen LogP contribution in [0.25, 0.3) is 22.4 Å². The quantitative estimate of drug-likeness (QED) is 0.0761. The van der Waals surface area contributed by atoms with E-state index in [1.807, 2.05) is 98.8 Å². The van der Waals surface area contributed by atoms with Gasteiger partial charge in [-0.3, -0.25) is 14.3 Å². The van der Waals surface area contributed by atoms with Crippen molar-refractivity contribution in [2.75, 3.05) is 20.1 Å². The van der Waals surface area contributed by atoms with E-state index in [1.165, 1.54) is 19.2 Å². The van der Waals surface area contributed by atoms with Crippen molar-refractivity contribution < 1.29 is 37.3 Å². The van der Waals surface area contributed by atoms with Crippen LogP contribution in [0.2, 0.25) is 5.04 Å². The Morgan fingerprint density at radius 3 is 2.13 bits per heavy atom. The lowest BCUT2D eigenvalue weighted by Gasteiger charge is -2.45. The van der Waals surface area contributed by atoms with Crippen LogP contribution in [0.15, 0.2) is 109 Å². The van der Waals surface area contributed by atoms with Gasteiger partial charge in [0.25, 0.3) is 15.7 Å². The van der Waals surface area contributed by atoms with Crippen molar-refractivity contribution in [1.29, 1.82) is 0 Å². The van der Waals surface area contributed by atoms with Crippen molar-refractivity contribution in [2.24, 2.45) is 0 Å². The van der Waals surface area contributed by atoms with Crippen LogP contribution in [0.4, 0.5) is 4.39 Å². The van der Waals surface area contributed by atoms with E-state index < -0.39 is 45.0 Å². The molecule has 5 aromatic rings. The SMILES string of the molecule is COP(=O)(C#Cc1c(-c2ccc(F)cc2)cc(-c2cccc3c2OCO3)nc1C(C)C)C[C@H](CC(=O)O)O[Si](c1ccccc1)(c1ccccc1)C(C)(C)C. The average Bonchev–Trinajstić information content (AvgIpc) is 3.66. The molecule has 0 saturated heterocycles. The Hall–Kier alpha value is -5.04. The molecule has 0 bridgehead atoms. The Morgan fingerprint density at radius 2 is 1.56 bits per heavy atom. The average molecular weight is 778 g/mol. The number of hydrogen-bond acceptors (Lipinski definition) is 7. The van der Waals surface area contributed by atoms with Crippen LogP contribution in [-0.4, -0.2) is 50.5 Å². The van der Waals surface area contributed by atoms with Crippen molar-refractivity contribution in [3.05, 3.63) is 126 Å². The van der Waals surface area contributed by atoms with Gasteiger partial charge in [-0.2, -0.15) is 0 Å². The molecule has 284 valence electrons. The zero-order valence-corrected chi connectivity index (χ0v) is 33.7. The van der Waals surface area contributed by atoms with Crippen LogP contribution in [0.3, 0.4) is 0 Å². The Bertz CT molecular complexity index is 2230. The first-order chi connectivity index (χ1) is 26.2. The van der Waals surface area contributed by atoms with Gasteiger partial charge >= 0.3 is 5.97 Å². The van der Waals surface area contributed by atoms with Gasteiger partial charge < -0.3 is 23.5 Å². The topological polar surface area (TPSA) is 104 Å². The number of pyridine rings is 1. The summed E-state index contributed by atoms with van der Waals surface area (Å²) in [6.07, 6.45) is -1.70. The van der Waals surface area contributed by atoms with E-state index in [4.69, 9.17) is 23.4 Å². The minimum Gasteiger partial charge on any atom is -0.481 e. The number of halogens is 1. The first kappa shape index (κ1) is 39.6. The number of nitrogens with zero attached hydrogens (tertiary/aromatic N) is 1. The highest BCUT2D eigenvalue weighted by Crippen LogP contribution is 2.49. The molecule has 1 aliphatic heterocycles.